The summed E-state index contributed by atoms with van der Waals surface area (Å²) in [5.41, 5.74) is 0.194. The van der Waals surface area contributed by atoms with Crippen molar-refractivity contribution in [2.75, 3.05) is 7.05 Å². The van der Waals surface area contributed by atoms with E-state index in [9.17, 15) is 0 Å². The number of hydrogen-bond donors (Lipinski definition) is 0. The second-order valence-electron chi connectivity index (χ2n) is 5.38. The van der Waals surface area contributed by atoms with Crippen molar-refractivity contribution in [1.29, 1.82) is 0 Å². The van der Waals surface area contributed by atoms with Gasteiger partial charge < -0.3 is 0 Å². The first-order chi connectivity index (χ1) is 5.63. The van der Waals surface area contributed by atoms with Gasteiger partial charge in [-0.05, 0) is 41.5 Å². The largest absolute Gasteiger partial charge is 0.281 e. The maximum atomic E-state index is 4.39. The summed E-state index contributed by atoms with van der Waals surface area (Å²) in [6.45, 7) is 12.8. The van der Waals surface area contributed by atoms with Gasteiger partial charge in [-0.1, -0.05) is 0 Å². The molecule has 0 aliphatic carbocycles. The fraction of sp³-hybridized carbons (Fsp3) is 0.818. The summed E-state index contributed by atoms with van der Waals surface area (Å²) < 4.78 is 2.15. The Labute approximate surface area is 82.4 Å². The maximum Gasteiger partial charge on any atom is 0.181 e. The van der Waals surface area contributed by atoms with Crippen molar-refractivity contribution >= 4 is 12.4 Å². The monoisotopic (exact) mass is 183 g/mol. The third kappa shape index (κ3) is 6.50. The lowest BCUT2D eigenvalue weighted by Gasteiger charge is -2.13. The van der Waals surface area contributed by atoms with Crippen LogP contribution >= 0.6 is 0 Å². The second kappa shape index (κ2) is 4.03. The fourth-order valence-corrected chi connectivity index (χ4v) is 0.581. The molecule has 0 aromatic carbocycles. The van der Waals surface area contributed by atoms with Crippen LogP contribution in [-0.4, -0.2) is 35.1 Å². The molecule has 2 heteroatoms. The van der Waals surface area contributed by atoms with Gasteiger partial charge in [-0.15, -0.1) is 0 Å². The Morgan fingerprint density at radius 3 is 1.77 bits per heavy atom. The predicted octanol–water partition coefficient (Wildman–Crippen LogP) is 2.37. The van der Waals surface area contributed by atoms with Gasteiger partial charge in [0.25, 0.3) is 0 Å². The minimum absolute atomic E-state index is 0.0230. The zero-order valence-electron chi connectivity index (χ0n) is 10.0. The Morgan fingerprint density at radius 1 is 1.00 bits per heavy atom. The lowest BCUT2D eigenvalue weighted by Crippen LogP contribution is -2.31. The van der Waals surface area contributed by atoms with E-state index in [-0.39, 0.29) is 11.1 Å². The molecule has 76 valence electrons. The van der Waals surface area contributed by atoms with Gasteiger partial charge in [-0.3, -0.25) is 4.99 Å². The van der Waals surface area contributed by atoms with Crippen LogP contribution in [0.1, 0.15) is 41.5 Å². The van der Waals surface area contributed by atoms with Gasteiger partial charge in [0.05, 0.1) is 11.8 Å². The quantitative estimate of drug-likeness (QED) is 0.438. The van der Waals surface area contributed by atoms with E-state index in [0.29, 0.717) is 0 Å². The molecule has 0 bridgehead atoms. The van der Waals surface area contributed by atoms with Crippen molar-refractivity contribution in [2.24, 2.45) is 4.99 Å². The van der Waals surface area contributed by atoms with Crippen LogP contribution in [0.3, 0.4) is 0 Å². The first-order valence-electron chi connectivity index (χ1n) is 4.74. The maximum absolute atomic E-state index is 4.39. The molecular weight excluding hydrogens is 160 g/mol. The van der Waals surface area contributed by atoms with E-state index in [4.69, 9.17) is 0 Å². The highest BCUT2D eigenvalue weighted by atomic mass is 15.0. The third-order valence-electron chi connectivity index (χ3n) is 1.81. The number of aliphatic imine (C=N–C) groups is 1. The number of rotatable bonds is 1. The first kappa shape index (κ1) is 12.3. The Bertz CT molecular complexity index is 211. The van der Waals surface area contributed by atoms with E-state index in [1.807, 2.05) is 12.4 Å². The van der Waals surface area contributed by atoms with Gasteiger partial charge in [-0.25, -0.2) is 4.58 Å². The summed E-state index contributed by atoms with van der Waals surface area (Å²) in [6, 6.07) is 0. The van der Waals surface area contributed by atoms with Crippen molar-refractivity contribution in [3.8, 4) is 0 Å². The molecule has 0 heterocycles. The Kier molecular flexibility index (Phi) is 3.83. The van der Waals surface area contributed by atoms with E-state index in [1.54, 1.807) is 0 Å². The molecule has 0 saturated heterocycles. The lowest BCUT2D eigenvalue weighted by molar-refractivity contribution is -0.564. The van der Waals surface area contributed by atoms with Gasteiger partial charge in [0.2, 0.25) is 0 Å². The number of nitrogens with zero attached hydrogens (tertiary/aromatic N) is 2. The minimum Gasteiger partial charge on any atom is -0.281 e. The van der Waals surface area contributed by atoms with Crippen LogP contribution in [0.5, 0.6) is 0 Å². The lowest BCUT2D eigenvalue weighted by atomic mass is 10.1. The normalized spacial score (nSPS) is 15.5. The summed E-state index contributed by atoms with van der Waals surface area (Å²) in [4.78, 5) is 4.39. The van der Waals surface area contributed by atoms with Crippen LogP contribution < -0.4 is 0 Å². The van der Waals surface area contributed by atoms with E-state index in [0.717, 1.165) is 0 Å². The predicted molar refractivity (Wildman–Crippen MR) is 60.2 cm³/mol. The van der Waals surface area contributed by atoms with Gasteiger partial charge in [-0.2, -0.15) is 0 Å². The second-order valence-corrected chi connectivity index (χ2v) is 5.38. The SMILES string of the molecule is C[N+](=CC=NC(C)(C)C)C(C)(C)C. The van der Waals surface area contributed by atoms with E-state index in [1.165, 1.54) is 0 Å². The molecule has 0 radical (unpaired) electrons. The van der Waals surface area contributed by atoms with Crippen LogP contribution in [0.2, 0.25) is 0 Å². The molecule has 0 spiro atoms. The standard InChI is InChI=1S/C11H23N2/c1-10(2,3)12-8-9-13(7)11(4,5)6/h8-9H,1-7H3/q+1. The molecule has 0 aliphatic rings. The van der Waals surface area contributed by atoms with Crippen molar-refractivity contribution in [2.45, 2.75) is 52.6 Å². The van der Waals surface area contributed by atoms with Crippen molar-refractivity contribution in [1.82, 2.24) is 0 Å². The van der Waals surface area contributed by atoms with E-state index < -0.39 is 0 Å². The summed E-state index contributed by atoms with van der Waals surface area (Å²) >= 11 is 0. The fourth-order valence-electron chi connectivity index (χ4n) is 0.581. The van der Waals surface area contributed by atoms with Gasteiger partial charge in [0.1, 0.15) is 7.05 Å². The third-order valence-corrected chi connectivity index (χ3v) is 1.81. The number of hydrogen-bond acceptors (Lipinski definition) is 1. The molecule has 0 N–H and O–H groups in total. The minimum atomic E-state index is 0.0230. The van der Waals surface area contributed by atoms with Gasteiger partial charge in [0.15, 0.2) is 11.8 Å². The molecule has 0 aliphatic heterocycles. The average molecular weight is 183 g/mol. The molecular formula is C11H23N2+. The van der Waals surface area contributed by atoms with Crippen LogP contribution in [0.4, 0.5) is 0 Å². The highest BCUT2D eigenvalue weighted by Crippen LogP contribution is 2.05. The highest BCUT2D eigenvalue weighted by Gasteiger charge is 2.18. The molecule has 0 rings (SSSR count). The molecule has 0 fully saturated rings. The highest BCUT2D eigenvalue weighted by molar-refractivity contribution is 6.13. The van der Waals surface area contributed by atoms with Crippen LogP contribution in [0, 0.1) is 0 Å². The Hall–Kier alpha value is -0.660. The van der Waals surface area contributed by atoms with Crippen LogP contribution in [0.15, 0.2) is 4.99 Å². The molecule has 0 atom stereocenters. The van der Waals surface area contributed by atoms with Gasteiger partial charge >= 0.3 is 0 Å². The molecule has 0 aromatic rings. The Morgan fingerprint density at radius 2 is 1.46 bits per heavy atom. The van der Waals surface area contributed by atoms with Gasteiger partial charge in [0, 0.05) is 0 Å². The van der Waals surface area contributed by atoms with Crippen molar-refractivity contribution < 1.29 is 4.58 Å². The summed E-state index contributed by atoms with van der Waals surface area (Å²) in [6.07, 6.45) is 3.90. The van der Waals surface area contributed by atoms with Crippen molar-refractivity contribution in [3.63, 3.8) is 0 Å². The summed E-state index contributed by atoms with van der Waals surface area (Å²) in [7, 11) is 2.06. The zero-order chi connectivity index (χ0) is 10.7. The molecule has 2 nitrogen and oxygen atoms in total. The van der Waals surface area contributed by atoms with E-state index in [2.05, 4.69) is 58.2 Å². The molecule has 0 amide bonds. The van der Waals surface area contributed by atoms with E-state index >= 15 is 0 Å². The summed E-state index contributed by atoms with van der Waals surface area (Å²) in [5, 5.41) is 0. The van der Waals surface area contributed by atoms with Crippen molar-refractivity contribution in [3.05, 3.63) is 0 Å². The first-order valence-corrected chi connectivity index (χ1v) is 4.74. The molecule has 0 saturated carbocycles. The molecule has 0 aromatic heterocycles. The van der Waals surface area contributed by atoms with Crippen LogP contribution in [-0.2, 0) is 0 Å². The Balaban J connectivity index is 4.37. The zero-order valence-corrected chi connectivity index (χ0v) is 10.0. The molecule has 0 unspecified atom stereocenters. The average Bonchev–Trinajstić information content (AvgIpc) is 1.82. The molecule has 13 heavy (non-hydrogen) atoms. The topological polar surface area (TPSA) is 15.4 Å². The smallest absolute Gasteiger partial charge is 0.181 e. The van der Waals surface area contributed by atoms with Crippen LogP contribution in [0.25, 0.3) is 0 Å². The summed E-state index contributed by atoms with van der Waals surface area (Å²) in [5.74, 6) is 0.